The Balaban J connectivity index is 2.02. The molecular weight excluding hydrogens is 440 g/mol. The van der Waals surface area contributed by atoms with Crippen molar-refractivity contribution in [2.75, 3.05) is 13.7 Å². The Morgan fingerprint density at radius 3 is 2.00 bits per heavy atom. The summed E-state index contributed by atoms with van der Waals surface area (Å²) >= 11 is 0. The molecule has 7 nitrogen and oxygen atoms in total. The van der Waals surface area contributed by atoms with Crippen molar-refractivity contribution < 1.29 is 14.3 Å². The molecular formula is C28H32N4O3. The van der Waals surface area contributed by atoms with Crippen LogP contribution in [0.15, 0.2) is 89.9 Å². The third-order valence-corrected chi connectivity index (χ3v) is 5.88. The first-order chi connectivity index (χ1) is 17.0. The summed E-state index contributed by atoms with van der Waals surface area (Å²) in [6.45, 7) is 0.679. The van der Waals surface area contributed by atoms with Crippen LogP contribution in [0.3, 0.4) is 0 Å². The minimum absolute atomic E-state index is 0.190. The van der Waals surface area contributed by atoms with E-state index in [2.05, 4.69) is 4.99 Å². The number of aliphatic imine (C=N–C) groups is 1. The second-order valence-electron chi connectivity index (χ2n) is 8.18. The number of nitrogens with two attached hydrogens (primary N) is 2. The average Bonchev–Trinajstić information content (AvgIpc) is 2.89. The van der Waals surface area contributed by atoms with Gasteiger partial charge in [0.25, 0.3) is 0 Å². The van der Waals surface area contributed by atoms with Gasteiger partial charge in [0.1, 0.15) is 11.8 Å². The number of primary amides is 1. The van der Waals surface area contributed by atoms with Crippen LogP contribution >= 0.6 is 0 Å². The molecule has 0 aliphatic heterocycles. The molecule has 3 aromatic rings. The van der Waals surface area contributed by atoms with Gasteiger partial charge in [0.15, 0.2) is 0 Å². The third-order valence-electron chi connectivity index (χ3n) is 5.88. The number of rotatable bonds is 12. The van der Waals surface area contributed by atoms with Crippen molar-refractivity contribution in [2.45, 2.75) is 31.3 Å². The van der Waals surface area contributed by atoms with Crippen LogP contribution in [-0.4, -0.2) is 42.7 Å². The predicted molar refractivity (Wildman–Crippen MR) is 138 cm³/mol. The smallest absolute Gasteiger partial charge is 0.240 e. The molecule has 0 saturated carbocycles. The van der Waals surface area contributed by atoms with Gasteiger partial charge in [-0.15, -0.1) is 0 Å². The first-order valence-electron chi connectivity index (χ1n) is 11.6. The van der Waals surface area contributed by atoms with Gasteiger partial charge in [-0.2, -0.15) is 0 Å². The minimum atomic E-state index is -0.799. The third kappa shape index (κ3) is 6.93. The van der Waals surface area contributed by atoms with E-state index in [0.717, 1.165) is 16.7 Å². The normalized spacial score (nSPS) is 11.9. The molecule has 3 aromatic carbocycles. The summed E-state index contributed by atoms with van der Waals surface area (Å²) in [5, 5.41) is 0. The fourth-order valence-electron chi connectivity index (χ4n) is 4.11. The van der Waals surface area contributed by atoms with Gasteiger partial charge in [-0.3, -0.25) is 14.6 Å². The Kier molecular flexibility index (Phi) is 9.42. The summed E-state index contributed by atoms with van der Waals surface area (Å²) in [7, 11) is 1.60. The lowest BCUT2D eigenvalue weighted by Gasteiger charge is -2.33. The van der Waals surface area contributed by atoms with E-state index >= 15 is 0 Å². The Morgan fingerprint density at radius 1 is 0.943 bits per heavy atom. The molecule has 2 amide bonds. The largest absolute Gasteiger partial charge is 0.497 e. The highest BCUT2D eigenvalue weighted by Gasteiger charge is 2.34. The van der Waals surface area contributed by atoms with Crippen LogP contribution in [0.25, 0.3) is 0 Å². The van der Waals surface area contributed by atoms with Crippen molar-refractivity contribution in [3.8, 4) is 5.75 Å². The minimum Gasteiger partial charge on any atom is -0.497 e. The molecule has 0 radical (unpaired) electrons. The molecule has 182 valence electrons. The van der Waals surface area contributed by atoms with Gasteiger partial charge in [0.05, 0.1) is 19.4 Å². The lowest BCUT2D eigenvalue weighted by Crippen LogP contribution is -2.49. The fraction of sp³-hybridized carbons (Fsp3) is 0.250. The van der Waals surface area contributed by atoms with Crippen LogP contribution in [0.4, 0.5) is 0 Å². The molecule has 0 fully saturated rings. The number of carbonyl (C=O) groups excluding carboxylic acids is 2. The number of hydrogen-bond donors (Lipinski definition) is 2. The lowest BCUT2D eigenvalue weighted by molar-refractivity contribution is -0.140. The summed E-state index contributed by atoms with van der Waals surface area (Å²) in [5.74, 6) is -0.614. The van der Waals surface area contributed by atoms with E-state index in [-0.39, 0.29) is 12.5 Å². The van der Waals surface area contributed by atoms with Crippen LogP contribution in [-0.2, 0) is 16.1 Å². The summed E-state index contributed by atoms with van der Waals surface area (Å²) in [6, 6.07) is 25.8. The van der Waals surface area contributed by atoms with Gasteiger partial charge in [-0.1, -0.05) is 72.8 Å². The van der Waals surface area contributed by atoms with Gasteiger partial charge < -0.3 is 21.1 Å². The molecule has 0 unspecified atom stereocenters. The molecule has 0 aromatic heterocycles. The monoisotopic (exact) mass is 472 g/mol. The molecule has 35 heavy (non-hydrogen) atoms. The SMILES string of the molecule is COc1ccc(CN(C(=O)C(c2ccccc2)c2ccccc2)[C@H](CCCN=CN)C(N)=O)cc1. The summed E-state index contributed by atoms with van der Waals surface area (Å²) in [6.07, 6.45) is 2.18. The number of carbonyl (C=O) groups is 2. The van der Waals surface area contributed by atoms with E-state index in [4.69, 9.17) is 16.2 Å². The average molecular weight is 473 g/mol. The summed E-state index contributed by atoms with van der Waals surface area (Å²) in [5.41, 5.74) is 13.8. The van der Waals surface area contributed by atoms with Crippen molar-refractivity contribution in [3.63, 3.8) is 0 Å². The fourth-order valence-corrected chi connectivity index (χ4v) is 4.11. The van der Waals surface area contributed by atoms with Gasteiger partial charge >= 0.3 is 0 Å². The molecule has 3 rings (SSSR count). The number of benzene rings is 3. The Bertz CT molecular complexity index is 1060. The van der Waals surface area contributed by atoms with Crippen LogP contribution < -0.4 is 16.2 Å². The lowest BCUT2D eigenvalue weighted by atomic mass is 9.89. The molecule has 0 heterocycles. The van der Waals surface area contributed by atoms with Crippen molar-refractivity contribution in [1.29, 1.82) is 0 Å². The van der Waals surface area contributed by atoms with E-state index in [0.29, 0.717) is 25.1 Å². The van der Waals surface area contributed by atoms with E-state index in [1.54, 1.807) is 12.0 Å². The maximum absolute atomic E-state index is 14.3. The van der Waals surface area contributed by atoms with E-state index in [9.17, 15) is 9.59 Å². The van der Waals surface area contributed by atoms with Gasteiger partial charge in [0, 0.05) is 13.1 Å². The van der Waals surface area contributed by atoms with Gasteiger partial charge in [-0.25, -0.2) is 0 Å². The maximum atomic E-state index is 14.3. The highest BCUT2D eigenvalue weighted by atomic mass is 16.5. The van der Waals surface area contributed by atoms with E-state index in [1.165, 1.54) is 6.34 Å². The van der Waals surface area contributed by atoms with Crippen molar-refractivity contribution in [2.24, 2.45) is 16.5 Å². The number of methoxy groups -OCH3 is 1. The second-order valence-corrected chi connectivity index (χ2v) is 8.18. The molecule has 0 bridgehead atoms. The highest BCUT2D eigenvalue weighted by molar-refractivity contribution is 5.92. The van der Waals surface area contributed by atoms with Crippen molar-refractivity contribution in [3.05, 3.63) is 102 Å². The summed E-state index contributed by atoms with van der Waals surface area (Å²) < 4.78 is 5.26. The second kappa shape index (κ2) is 12.9. The first-order valence-corrected chi connectivity index (χ1v) is 11.6. The predicted octanol–water partition coefficient (Wildman–Crippen LogP) is 3.48. The first kappa shape index (κ1) is 25.5. The molecule has 1 atom stereocenters. The zero-order chi connectivity index (χ0) is 25.0. The summed E-state index contributed by atoms with van der Waals surface area (Å²) in [4.78, 5) is 32.5. The van der Waals surface area contributed by atoms with E-state index < -0.39 is 17.9 Å². The van der Waals surface area contributed by atoms with Crippen LogP contribution in [0.5, 0.6) is 5.75 Å². The zero-order valence-corrected chi connectivity index (χ0v) is 19.9. The number of hydrogen-bond acceptors (Lipinski definition) is 4. The molecule has 4 N–H and O–H groups in total. The maximum Gasteiger partial charge on any atom is 0.240 e. The van der Waals surface area contributed by atoms with Crippen LogP contribution in [0.2, 0.25) is 0 Å². The van der Waals surface area contributed by atoms with Gasteiger partial charge in [0.2, 0.25) is 11.8 Å². The van der Waals surface area contributed by atoms with Crippen molar-refractivity contribution >= 4 is 18.2 Å². The number of amides is 2. The van der Waals surface area contributed by atoms with Crippen LogP contribution in [0.1, 0.15) is 35.4 Å². The quantitative estimate of drug-likeness (QED) is 0.239. The Hall–Kier alpha value is -4.13. The highest BCUT2D eigenvalue weighted by Crippen LogP contribution is 2.29. The van der Waals surface area contributed by atoms with Gasteiger partial charge in [-0.05, 0) is 41.7 Å². The topological polar surface area (TPSA) is 111 Å². The van der Waals surface area contributed by atoms with Crippen molar-refractivity contribution in [1.82, 2.24) is 4.90 Å². The van der Waals surface area contributed by atoms with E-state index in [1.807, 2.05) is 84.9 Å². The molecule has 0 spiro atoms. The Morgan fingerprint density at radius 2 is 1.51 bits per heavy atom. The Labute approximate surface area is 206 Å². The standard InChI is InChI=1S/C28H32N4O3/c1-35-24-16-14-21(15-17-24)19-32(25(27(30)33)13-8-18-31-20-29)28(34)26(22-9-4-2-5-10-22)23-11-6-3-7-12-23/h2-7,9-12,14-17,20,25-26H,8,13,18-19H2,1H3,(H2,29,31)(H2,30,33)/t25-/m1/s1. The number of ether oxygens (including phenoxy) is 1. The molecule has 0 aliphatic rings. The molecule has 7 heteroatoms. The van der Waals surface area contributed by atoms with Crippen LogP contribution in [0, 0.1) is 0 Å². The zero-order valence-electron chi connectivity index (χ0n) is 19.9. The number of nitrogens with zero attached hydrogens (tertiary/aromatic N) is 2. The molecule has 0 saturated heterocycles. The molecule has 0 aliphatic carbocycles.